The maximum Gasteiger partial charge on any atom is 0.161 e. The lowest BCUT2D eigenvalue weighted by molar-refractivity contribution is 0.774. The van der Waals surface area contributed by atoms with Crippen molar-refractivity contribution in [3.8, 4) is 11.4 Å². The highest BCUT2D eigenvalue weighted by Gasteiger charge is 2.11. The molecule has 2 N–H and O–H groups in total. The molecule has 5 heteroatoms. The van der Waals surface area contributed by atoms with E-state index in [1.54, 1.807) is 10.9 Å². The minimum absolute atomic E-state index is 0.487. The molecule has 0 unspecified atom stereocenters. The number of pyridine rings is 1. The molecule has 2 aromatic heterocycles. The van der Waals surface area contributed by atoms with E-state index in [1.165, 1.54) is 6.33 Å². The molecule has 0 aromatic carbocycles. The van der Waals surface area contributed by atoms with Crippen LogP contribution in [0.15, 0.2) is 18.6 Å². The van der Waals surface area contributed by atoms with Crippen molar-refractivity contribution in [2.45, 2.75) is 6.92 Å². The molecule has 2 heterocycles. The molecule has 0 bridgehead atoms. The van der Waals surface area contributed by atoms with Gasteiger partial charge in [-0.05, 0) is 18.6 Å². The van der Waals surface area contributed by atoms with Crippen LogP contribution in [-0.4, -0.2) is 19.7 Å². The minimum atomic E-state index is 0.487. The number of rotatable bonds is 1. The molecule has 0 aliphatic carbocycles. The lowest BCUT2D eigenvalue weighted by atomic mass is 10.1. The first-order chi connectivity index (χ1) is 6.70. The fourth-order valence-corrected chi connectivity index (χ4v) is 1.39. The number of nitrogens with two attached hydrogens (primary N) is 1. The quantitative estimate of drug-likeness (QED) is 0.719. The van der Waals surface area contributed by atoms with Gasteiger partial charge >= 0.3 is 0 Å². The van der Waals surface area contributed by atoms with E-state index in [2.05, 4.69) is 15.1 Å². The second-order valence-electron chi connectivity index (χ2n) is 3.10. The Labute approximate surface area is 81.6 Å². The maximum atomic E-state index is 5.79. The molecule has 72 valence electrons. The van der Waals surface area contributed by atoms with Gasteiger partial charge in [0.2, 0.25) is 0 Å². The van der Waals surface area contributed by atoms with E-state index in [-0.39, 0.29) is 0 Å². The Morgan fingerprint density at radius 3 is 2.71 bits per heavy atom. The molecule has 14 heavy (non-hydrogen) atoms. The first-order valence-electron chi connectivity index (χ1n) is 4.25. The van der Waals surface area contributed by atoms with Crippen molar-refractivity contribution in [1.29, 1.82) is 0 Å². The van der Waals surface area contributed by atoms with Crippen LogP contribution in [0.5, 0.6) is 0 Å². The Balaban J connectivity index is 2.68. The minimum Gasteiger partial charge on any atom is -0.383 e. The maximum absolute atomic E-state index is 5.79. The van der Waals surface area contributed by atoms with E-state index in [9.17, 15) is 0 Å². The molecule has 2 aromatic rings. The van der Waals surface area contributed by atoms with Crippen molar-refractivity contribution < 1.29 is 0 Å². The summed E-state index contributed by atoms with van der Waals surface area (Å²) in [7, 11) is 1.83. The average molecular weight is 189 g/mol. The number of hydrogen-bond acceptors (Lipinski definition) is 4. The van der Waals surface area contributed by atoms with Gasteiger partial charge in [-0.2, -0.15) is 5.10 Å². The molecule has 2 rings (SSSR count). The zero-order valence-corrected chi connectivity index (χ0v) is 8.10. The lowest BCUT2D eigenvalue weighted by Crippen LogP contribution is -2.01. The molecule has 0 amide bonds. The number of anilines is 1. The van der Waals surface area contributed by atoms with Gasteiger partial charge in [-0.3, -0.25) is 0 Å². The number of hydrogen-bond donors (Lipinski definition) is 1. The Morgan fingerprint density at radius 2 is 2.14 bits per heavy atom. The smallest absolute Gasteiger partial charge is 0.161 e. The van der Waals surface area contributed by atoms with Crippen LogP contribution < -0.4 is 5.73 Å². The Kier molecular flexibility index (Phi) is 1.92. The van der Waals surface area contributed by atoms with Crippen molar-refractivity contribution in [3.05, 3.63) is 24.2 Å². The molecule has 0 spiro atoms. The summed E-state index contributed by atoms with van der Waals surface area (Å²) in [5.74, 6) is 1.23. The van der Waals surface area contributed by atoms with Crippen molar-refractivity contribution >= 4 is 5.82 Å². The van der Waals surface area contributed by atoms with Crippen LogP contribution in [0.1, 0.15) is 5.56 Å². The Morgan fingerprint density at radius 1 is 1.36 bits per heavy atom. The molecule has 5 nitrogen and oxygen atoms in total. The highest BCUT2D eigenvalue weighted by atomic mass is 15.3. The second kappa shape index (κ2) is 3.10. The first-order valence-corrected chi connectivity index (χ1v) is 4.25. The predicted molar refractivity (Wildman–Crippen MR) is 53.4 cm³/mol. The molecular formula is C9H11N5. The third-order valence-electron chi connectivity index (χ3n) is 2.12. The van der Waals surface area contributed by atoms with Crippen LogP contribution in [0, 0.1) is 6.92 Å². The van der Waals surface area contributed by atoms with Gasteiger partial charge in [0.25, 0.3) is 0 Å². The summed E-state index contributed by atoms with van der Waals surface area (Å²) in [5, 5.41) is 4.00. The fraction of sp³-hybridized carbons (Fsp3) is 0.222. The number of aromatic nitrogens is 4. The molecule has 0 aliphatic heterocycles. The second-order valence-corrected chi connectivity index (χ2v) is 3.10. The van der Waals surface area contributed by atoms with Crippen molar-refractivity contribution in [2.75, 3.05) is 5.73 Å². The third kappa shape index (κ3) is 1.22. The largest absolute Gasteiger partial charge is 0.383 e. The van der Waals surface area contributed by atoms with E-state index in [1.807, 2.05) is 20.0 Å². The van der Waals surface area contributed by atoms with Gasteiger partial charge in [-0.25, -0.2) is 14.6 Å². The average Bonchev–Trinajstić information content (AvgIpc) is 2.52. The summed E-state index contributed by atoms with van der Waals surface area (Å²) in [4.78, 5) is 8.17. The summed E-state index contributed by atoms with van der Waals surface area (Å²) >= 11 is 0. The van der Waals surface area contributed by atoms with Gasteiger partial charge in [0.1, 0.15) is 12.1 Å². The van der Waals surface area contributed by atoms with E-state index >= 15 is 0 Å². The summed E-state index contributed by atoms with van der Waals surface area (Å²) in [6.07, 6.45) is 3.19. The predicted octanol–water partition coefficient (Wildman–Crippen LogP) is 0.768. The normalized spacial score (nSPS) is 10.4. The number of nitrogen functional groups attached to an aromatic ring is 1. The van der Waals surface area contributed by atoms with Gasteiger partial charge in [-0.1, -0.05) is 0 Å². The summed E-state index contributed by atoms with van der Waals surface area (Å²) < 4.78 is 1.68. The van der Waals surface area contributed by atoms with Crippen LogP contribution in [-0.2, 0) is 7.05 Å². The first kappa shape index (κ1) is 8.68. The monoisotopic (exact) mass is 189 g/mol. The van der Waals surface area contributed by atoms with Crippen LogP contribution in [0.3, 0.4) is 0 Å². The van der Waals surface area contributed by atoms with Crippen LogP contribution in [0.25, 0.3) is 11.4 Å². The molecule has 0 atom stereocenters. The molecule has 0 fully saturated rings. The molecule has 0 radical (unpaired) electrons. The SMILES string of the molecule is Cc1ccnc(N)c1-c1ncnn1C. The highest BCUT2D eigenvalue weighted by molar-refractivity contribution is 5.71. The van der Waals surface area contributed by atoms with Gasteiger partial charge in [-0.15, -0.1) is 0 Å². The van der Waals surface area contributed by atoms with E-state index < -0.39 is 0 Å². The van der Waals surface area contributed by atoms with E-state index in [0.29, 0.717) is 5.82 Å². The standard InChI is InChI=1S/C9H11N5/c1-6-3-4-11-8(10)7(6)9-12-5-13-14(9)2/h3-5H,1-2H3,(H2,10,11). The molecule has 0 saturated carbocycles. The lowest BCUT2D eigenvalue weighted by Gasteiger charge is -2.06. The van der Waals surface area contributed by atoms with Gasteiger partial charge < -0.3 is 5.73 Å². The number of nitrogens with zero attached hydrogens (tertiary/aromatic N) is 4. The Hall–Kier alpha value is -1.91. The van der Waals surface area contributed by atoms with Gasteiger partial charge in [0, 0.05) is 13.2 Å². The van der Waals surface area contributed by atoms with Crippen LogP contribution >= 0.6 is 0 Å². The zero-order chi connectivity index (χ0) is 10.1. The zero-order valence-electron chi connectivity index (χ0n) is 8.10. The highest BCUT2D eigenvalue weighted by Crippen LogP contribution is 2.24. The van der Waals surface area contributed by atoms with Gasteiger partial charge in [0.05, 0.1) is 5.56 Å². The van der Waals surface area contributed by atoms with E-state index in [0.717, 1.165) is 17.0 Å². The summed E-state index contributed by atoms with van der Waals surface area (Å²) in [6, 6.07) is 1.90. The summed E-state index contributed by atoms with van der Waals surface area (Å²) in [6.45, 7) is 1.97. The van der Waals surface area contributed by atoms with Gasteiger partial charge in [0.15, 0.2) is 5.82 Å². The molecule has 0 saturated heterocycles. The molecule has 0 aliphatic rings. The number of aryl methyl sites for hydroxylation is 2. The molecular weight excluding hydrogens is 178 g/mol. The van der Waals surface area contributed by atoms with Crippen molar-refractivity contribution in [3.63, 3.8) is 0 Å². The van der Waals surface area contributed by atoms with Crippen LogP contribution in [0.2, 0.25) is 0 Å². The summed E-state index contributed by atoms with van der Waals surface area (Å²) in [5.41, 5.74) is 7.69. The fourth-order valence-electron chi connectivity index (χ4n) is 1.39. The Bertz CT molecular complexity index is 440. The van der Waals surface area contributed by atoms with E-state index in [4.69, 9.17) is 5.73 Å². The van der Waals surface area contributed by atoms with Crippen LogP contribution in [0.4, 0.5) is 5.82 Å². The van der Waals surface area contributed by atoms with Crippen molar-refractivity contribution in [2.24, 2.45) is 7.05 Å². The van der Waals surface area contributed by atoms with Crippen molar-refractivity contribution in [1.82, 2.24) is 19.7 Å². The topological polar surface area (TPSA) is 69.6 Å². The third-order valence-corrected chi connectivity index (χ3v) is 2.12.